The maximum Gasteiger partial charge on any atom is 0.276 e. The number of aliphatic hydroxyl groups is 1. The van der Waals surface area contributed by atoms with Crippen molar-refractivity contribution in [3.05, 3.63) is 70.9 Å². The van der Waals surface area contributed by atoms with Gasteiger partial charge in [0.05, 0.1) is 10.6 Å². The average Bonchev–Trinajstić information content (AvgIpc) is 2.85. The van der Waals surface area contributed by atoms with Gasteiger partial charge in [-0.05, 0) is 67.3 Å². The summed E-state index contributed by atoms with van der Waals surface area (Å²) in [5.74, 6) is 1.78. The molecule has 1 fully saturated rings. The van der Waals surface area contributed by atoms with E-state index in [2.05, 4.69) is 20.4 Å². The monoisotopic (exact) mass is 463 g/mol. The van der Waals surface area contributed by atoms with Crippen LogP contribution < -0.4 is 15.0 Å². The molecule has 1 aromatic heterocycles. The van der Waals surface area contributed by atoms with Crippen molar-refractivity contribution in [2.75, 3.05) is 29.9 Å². The summed E-state index contributed by atoms with van der Waals surface area (Å²) < 4.78 is 5.74. The maximum absolute atomic E-state index is 12.5. The van der Waals surface area contributed by atoms with Gasteiger partial charge < -0.3 is 20.1 Å². The number of anilines is 2. The number of ether oxygens (including phenoxy) is 1. The van der Waals surface area contributed by atoms with Crippen molar-refractivity contribution in [2.24, 2.45) is 5.92 Å². The molecule has 1 aliphatic rings. The van der Waals surface area contributed by atoms with Crippen LogP contribution in [0.3, 0.4) is 0 Å². The van der Waals surface area contributed by atoms with Crippen LogP contribution in [-0.2, 0) is 0 Å². The minimum atomic E-state index is -0.361. The molecule has 0 spiro atoms. The molecule has 0 radical (unpaired) electrons. The number of carbonyl (C=O) groups is 1. The van der Waals surface area contributed by atoms with Gasteiger partial charge in [-0.15, -0.1) is 10.2 Å². The first-order chi connectivity index (χ1) is 16.1. The van der Waals surface area contributed by atoms with Crippen molar-refractivity contribution in [1.29, 1.82) is 5.26 Å². The maximum atomic E-state index is 12.5. The molecule has 2 N–H and O–H groups in total. The number of nitriles is 1. The fraction of sp³-hybridized carbons (Fsp3) is 0.250. The molecule has 3 aromatic rings. The Balaban J connectivity index is 1.34. The standard InChI is InChI=1S/C24H22ClN5O3/c25-21-13-20(4-1-17(21)14-26)33-19-5-2-18(3-6-19)27-24(32)22-7-8-23(29-28-22)30-11-9-16(15-31)10-12-30/h1-8,13,16,31H,9-12,15H2,(H,27,32). The van der Waals surface area contributed by atoms with Crippen LogP contribution in [-0.4, -0.2) is 40.9 Å². The molecule has 0 saturated carbocycles. The van der Waals surface area contributed by atoms with Crippen LogP contribution in [0.4, 0.5) is 11.5 Å². The van der Waals surface area contributed by atoms with E-state index in [0.717, 1.165) is 31.7 Å². The number of aromatic nitrogens is 2. The second-order valence-electron chi connectivity index (χ2n) is 7.72. The molecule has 1 aliphatic heterocycles. The number of halogens is 1. The van der Waals surface area contributed by atoms with Crippen molar-refractivity contribution in [3.8, 4) is 17.6 Å². The largest absolute Gasteiger partial charge is 0.457 e. The van der Waals surface area contributed by atoms with Crippen molar-refractivity contribution in [3.63, 3.8) is 0 Å². The Bertz CT molecular complexity index is 1150. The molecular weight excluding hydrogens is 442 g/mol. The summed E-state index contributed by atoms with van der Waals surface area (Å²) in [5, 5.41) is 29.6. The number of aliphatic hydroxyl groups excluding tert-OH is 1. The Labute approximate surface area is 196 Å². The van der Waals surface area contributed by atoms with Crippen molar-refractivity contribution >= 4 is 29.0 Å². The highest BCUT2D eigenvalue weighted by Crippen LogP contribution is 2.27. The van der Waals surface area contributed by atoms with Crippen molar-refractivity contribution in [1.82, 2.24) is 10.2 Å². The highest BCUT2D eigenvalue weighted by molar-refractivity contribution is 6.31. The molecule has 0 unspecified atom stereocenters. The lowest BCUT2D eigenvalue weighted by molar-refractivity contribution is 0.102. The Morgan fingerprint density at radius 3 is 2.45 bits per heavy atom. The van der Waals surface area contributed by atoms with E-state index < -0.39 is 0 Å². The number of amides is 1. The molecule has 1 saturated heterocycles. The van der Waals surface area contributed by atoms with Crippen LogP contribution in [0, 0.1) is 17.2 Å². The van der Waals surface area contributed by atoms with E-state index in [-0.39, 0.29) is 18.2 Å². The number of nitrogens with zero attached hydrogens (tertiary/aromatic N) is 4. The molecule has 0 bridgehead atoms. The van der Waals surface area contributed by atoms with Gasteiger partial charge in [0.2, 0.25) is 0 Å². The second kappa shape index (κ2) is 10.3. The Hall–Kier alpha value is -3.67. The number of hydrogen-bond acceptors (Lipinski definition) is 7. The lowest BCUT2D eigenvalue weighted by Gasteiger charge is -2.31. The first-order valence-electron chi connectivity index (χ1n) is 10.5. The van der Waals surface area contributed by atoms with Gasteiger partial charge in [-0.2, -0.15) is 5.26 Å². The highest BCUT2D eigenvalue weighted by Gasteiger charge is 2.20. The molecule has 0 atom stereocenters. The quantitative estimate of drug-likeness (QED) is 0.561. The van der Waals surface area contributed by atoms with Gasteiger partial charge in [0.15, 0.2) is 11.5 Å². The van der Waals surface area contributed by atoms with E-state index in [1.807, 2.05) is 6.07 Å². The summed E-state index contributed by atoms with van der Waals surface area (Å²) in [4.78, 5) is 14.6. The third-order valence-corrected chi connectivity index (χ3v) is 5.80. The van der Waals surface area contributed by atoms with Gasteiger partial charge in [0, 0.05) is 31.5 Å². The molecular formula is C24H22ClN5O3. The number of benzene rings is 2. The zero-order chi connectivity index (χ0) is 23.2. The van der Waals surface area contributed by atoms with Crippen LogP contribution in [0.15, 0.2) is 54.6 Å². The van der Waals surface area contributed by atoms with E-state index >= 15 is 0 Å². The number of nitrogens with one attached hydrogen (secondary N) is 1. The molecule has 0 aliphatic carbocycles. The van der Waals surface area contributed by atoms with Gasteiger partial charge >= 0.3 is 0 Å². The van der Waals surface area contributed by atoms with Gasteiger partial charge in [0.1, 0.15) is 17.6 Å². The van der Waals surface area contributed by atoms with E-state index in [1.165, 1.54) is 0 Å². The fourth-order valence-electron chi connectivity index (χ4n) is 3.55. The predicted molar refractivity (Wildman–Crippen MR) is 125 cm³/mol. The smallest absolute Gasteiger partial charge is 0.276 e. The third-order valence-electron chi connectivity index (χ3n) is 5.49. The number of rotatable bonds is 6. The highest BCUT2D eigenvalue weighted by atomic mass is 35.5. The van der Waals surface area contributed by atoms with Crippen LogP contribution in [0.5, 0.6) is 11.5 Å². The minimum Gasteiger partial charge on any atom is -0.457 e. The van der Waals surface area contributed by atoms with Crippen LogP contribution in [0.25, 0.3) is 0 Å². The summed E-state index contributed by atoms with van der Waals surface area (Å²) >= 11 is 6.03. The lowest BCUT2D eigenvalue weighted by atomic mass is 9.98. The average molecular weight is 464 g/mol. The summed E-state index contributed by atoms with van der Waals surface area (Å²) in [6, 6.07) is 17.1. The Morgan fingerprint density at radius 1 is 1.12 bits per heavy atom. The zero-order valence-electron chi connectivity index (χ0n) is 17.7. The van der Waals surface area contributed by atoms with Crippen molar-refractivity contribution in [2.45, 2.75) is 12.8 Å². The number of piperidine rings is 1. The molecule has 168 valence electrons. The minimum absolute atomic E-state index is 0.218. The van der Waals surface area contributed by atoms with E-state index in [1.54, 1.807) is 54.6 Å². The summed E-state index contributed by atoms with van der Waals surface area (Å²) in [5.41, 5.74) is 1.18. The molecule has 8 nitrogen and oxygen atoms in total. The topological polar surface area (TPSA) is 111 Å². The van der Waals surface area contributed by atoms with Crippen LogP contribution >= 0.6 is 11.6 Å². The molecule has 33 heavy (non-hydrogen) atoms. The first kappa shape index (κ1) is 22.5. The molecule has 9 heteroatoms. The Morgan fingerprint density at radius 2 is 1.85 bits per heavy atom. The van der Waals surface area contributed by atoms with Gasteiger partial charge in [-0.25, -0.2) is 0 Å². The summed E-state index contributed by atoms with van der Waals surface area (Å²) in [7, 11) is 0. The molecule has 2 heterocycles. The third kappa shape index (κ3) is 5.58. The molecule has 4 rings (SSSR count). The molecule has 2 aromatic carbocycles. The van der Waals surface area contributed by atoms with E-state index in [9.17, 15) is 9.90 Å². The Kier molecular flexibility index (Phi) is 7.03. The van der Waals surface area contributed by atoms with Gasteiger partial charge in [-0.3, -0.25) is 4.79 Å². The predicted octanol–water partition coefficient (Wildman–Crippen LogP) is 4.25. The van der Waals surface area contributed by atoms with Gasteiger partial charge in [-0.1, -0.05) is 11.6 Å². The van der Waals surface area contributed by atoms with Gasteiger partial charge in [0.25, 0.3) is 5.91 Å². The van der Waals surface area contributed by atoms with Crippen LogP contribution in [0.1, 0.15) is 28.9 Å². The zero-order valence-corrected chi connectivity index (χ0v) is 18.5. The molecule has 1 amide bonds. The number of carbonyl (C=O) groups excluding carboxylic acids is 1. The lowest BCUT2D eigenvalue weighted by Crippen LogP contribution is -2.35. The first-order valence-corrected chi connectivity index (χ1v) is 10.9. The van der Waals surface area contributed by atoms with Crippen LogP contribution in [0.2, 0.25) is 5.02 Å². The second-order valence-corrected chi connectivity index (χ2v) is 8.13. The van der Waals surface area contributed by atoms with E-state index in [4.69, 9.17) is 21.6 Å². The SMILES string of the molecule is N#Cc1ccc(Oc2ccc(NC(=O)c3ccc(N4CCC(CO)CC4)nn3)cc2)cc1Cl. The summed E-state index contributed by atoms with van der Waals surface area (Å²) in [6.45, 7) is 1.85. The normalized spacial score (nSPS) is 13.9. The number of hydrogen-bond donors (Lipinski definition) is 2. The summed E-state index contributed by atoms with van der Waals surface area (Å²) in [6.07, 6.45) is 1.83. The van der Waals surface area contributed by atoms with Crippen molar-refractivity contribution < 1.29 is 14.6 Å². The van der Waals surface area contributed by atoms with E-state index in [0.29, 0.717) is 33.7 Å². The fourth-order valence-corrected chi connectivity index (χ4v) is 3.76.